The van der Waals surface area contributed by atoms with E-state index in [0.717, 1.165) is 17.1 Å². The topological polar surface area (TPSA) is 30.7 Å². The smallest absolute Gasteiger partial charge is 0.0671 e. The summed E-state index contributed by atoms with van der Waals surface area (Å²) < 4.78 is 1.86. The van der Waals surface area contributed by atoms with Crippen molar-refractivity contribution in [2.24, 2.45) is 7.05 Å². The zero-order valence-corrected chi connectivity index (χ0v) is 11.2. The van der Waals surface area contributed by atoms with Crippen molar-refractivity contribution in [1.82, 2.24) is 14.8 Å². The normalized spacial score (nSPS) is 11.2. The van der Waals surface area contributed by atoms with Crippen LogP contribution in [0.3, 0.4) is 0 Å². The summed E-state index contributed by atoms with van der Waals surface area (Å²) in [5.41, 5.74) is 5.68. The van der Waals surface area contributed by atoms with Gasteiger partial charge in [-0.05, 0) is 37.5 Å². The quantitative estimate of drug-likeness (QED) is 0.791. The number of rotatable bonds is 2. The van der Waals surface area contributed by atoms with Crippen LogP contribution >= 0.6 is 0 Å². The van der Waals surface area contributed by atoms with Gasteiger partial charge in [-0.15, -0.1) is 0 Å². The van der Waals surface area contributed by atoms with Gasteiger partial charge in [-0.1, -0.05) is 13.8 Å². The van der Waals surface area contributed by atoms with Crippen LogP contribution in [0.4, 0.5) is 0 Å². The average Bonchev–Trinajstić information content (AvgIpc) is 2.57. The lowest BCUT2D eigenvalue weighted by molar-refractivity contribution is 0.756. The number of hydrogen-bond acceptors (Lipinski definition) is 2. The molecule has 0 spiro atoms. The highest BCUT2D eigenvalue weighted by molar-refractivity contribution is 5.65. The molecule has 0 aliphatic heterocycles. The molecule has 0 amide bonds. The first kappa shape index (κ1) is 11.8. The van der Waals surface area contributed by atoms with Crippen LogP contribution < -0.4 is 0 Å². The highest BCUT2D eigenvalue weighted by Crippen LogP contribution is 2.25. The molecule has 3 nitrogen and oxygen atoms in total. The summed E-state index contributed by atoms with van der Waals surface area (Å²) in [4.78, 5) is 4.57. The lowest BCUT2D eigenvalue weighted by Crippen LogP contribution is -1.95. The molecule has 17 heavy (non-hydrogen) atoms. The second-order valence-corrected chi connectivity index (χ2v) is 4.88. The van der Waals surface area contributed by atoms with E-state index in [2.05, 4.69) is 42.3 Å². The van der Waals surface area contributed by atoms with Crippen molar-refractivity contribution in [1.29, 1.82) is 0 Å². The molecule has 0 atom stereocenters. The van der Waals surface area contributed by atoms with Crippen LogP contribution in [0.1, 0.15) is 36.8 Å². The summed E-state index contributed by atoms with van der Waals surface area (Å²) in [5.74, 6) is 0.450. The number of aryl methyl sites for hydroxylation is 3. The molecule has 0 saturated carbocycles. The van der Waals surface area contributed by atoms with Crippen LogP contribution in [0, 0.1) is 13.8 Å². The predicted molar refractivity (Wildman–Crippen MR) is 70.0 cm³/mol. The maximum Gasteiger partial charge on any atom is 0.0671 e. The predicted octanol–water partition coefficient (Wildman–Crippen LogP) is 3.22. The molecular formula is C14H19N3. The Morgan fingerprint density at radius 1 is 1.18 bits per heavy atom. The molecule has 0 unspecified atom stereocenters. The number of pyridine rings is 1. The molecule has 0 radical (unpaired) electrons. The fourth-order valence-electron chi connectivity index (χ4n) is 2.03. The summed E-state index contributed by atoms with van der Waals surface area (Å²) >= 11 is 0. The highest BCUT2D eigenvalue weighted by Gasteiger charge is 2.10. The van der Waals surface area contributed by atoms with Gasteiger partial charge in [0.1, 0.15) is 0 Å². The van der Waals surface area contributed by atoms with Crippen molar-refractivity contribution in [3.05, 3.63) is 35.4 Å². The van der Waals surface area contributed by atoms with Crippen LogP contribution in [-0.4, -0.2) is 14.8 Å². The number of aromatic nitrogens is 3. The Morgan fingerprint density at radius 2 is 1.88 bits per heavy atom. The van der Waals surface area contributed by atoms with Gasteiger partial charge in [0.15, 0.2) is 0 Å². The third-order valence-electron chi connectivity index (χ3n) is 2.89. The van der Waals surface area contributed by atoms with E-state index in [9.17, 15) is 0 Å². The molecular weight excluding hydrogens is 210 g/mol. The van der Waals surface area contributed by atoms with E-state index >= 15 is 0 Å². The van der Waals surface area contributed by atoms with Gasteiger partial charge in [-0.2, -0.15) is 5.10 Å². The van der Waals surface area contributed by atoms with Crippen molar-refractivity contribution in [2.75, 3.05) is 0 Å². The first-order chi connectivity index (χ1) is 7.97. The molecule has 2 heterocycles. The SMILES string of the molecule is Cc1cc(-c2cn(C)nc2C)cc(C(C)C)n1. The highest BCUT2D eigenvalue weighted by atomic mass is 15.2. The Bertz CT molecular complexity index is 538. The van der Waals surface area contributed by atoms with Gasteiger partial charge in [0.25, 0.3) is 0 Å². The van der Waals surface area contributed by atoms with Gasteiger partial charge >= 0.3 is 0 Å². The molecule has 0 bridgehead atoms. The van der Waals surface area contributed by atoms with E-state index in [0.29, 0.717) is 5.92 Å². The van der Waals surface area contributed by atoms with Gasteiger partial charge in [0.2, 0.25) is 0 Å². The lowest BCUT2D eigenvalue weighted by atomic mass is 10.0. The van der Waals surface area contributed by atoms with Gasteiger partial charge in [-0.25, -0.2) is 0 Å². The van der Waals surface area contributed by atoms with Crippen molar-refractivity contribution in [3.63, 3.8) is 0 Å². The second kappa shape index (κ2) is 4.32. The first-order valence-corrected chi connectivity index (χ1v) is 5.96. The maximum absolute atomic E-state index is 4.57. The summed E-state index contributed by atoms with van der Waals surface area (Å²) in [6, 6.07) is 4.29. The van der Waals surface area contributed by atoms with E-state index in [1.54, 1.807) is 0 Å². The fourth-order valence-corrected chi connectivity index (χ4v) is 2.03. The molecule has 2 rings (SSSR count). The number of hydrogen-bond donors (Lipinski definition) is 0. The third kappa shape index (κ3) is 2.38. The van der Waals surface area contributed by atoms with Crippen LogP contribution in [0.25, 0.3) is 11.1 Å². The molecule has 0 fully saturated rings. The third-order valence-corrected chi connectivity index (χ3v) is 2.89. The zero-order valence-electron chi connectivity index (χ0n) is 11.2. The van der Waals surface area contributed by atoms with E-state index in [-0.39, 0.29) is 0 Å². The molecule has 0 aliphatic rings. The molecule has 2 aromatic rings. The first-order valence-electron chi connectivity index (χ1n) is 5.96. The fraction of sp³-hybridized carbons (Fsp3) is 0.429. The van der Waals surface area contributed by atoms with Gasteiger partial charge in [0, 0.05) is 30.2 Å². The molecule has 90 valence electrons. The minimum Gasteiger partial charge on any atom is -0.275 e. The van der Waals surface area contributed by atoms with Crippen molar-refractivity contribution in [2.45, 2.75) is 33.6 Å². The van der Waals surface area contributed by atoms with Crippen LogP contribution in [0.5, 0.6) is 0 Å². The molecule has 3 heteroatoms. The Morgan fingerprint density at radius 3 is 2.41 bits per heavy atom. The van der Waals surface area contributed by atoms with E-state index in [1.165, 1.54) is 11.1 Å². The summed E-state index contributed by atoms with van der Waals surface area (Å²) in [6.45, 7) is 8.42. The van der Waals surface area contributed by atoms with Crippen molar-refractivity contribution < 1.29 is 0 Å². The van der Waals surface area contributed by atoms with E-state index in [4.69, 9.17) is 0 Å². The Hall–Kier alpha value is -1.64. The van der Waals surface area contributed by atoms with Gasteiger partial charge < -0.3 is 0 Å². The number of nitrogens with zero attached hydrogens (tertiary/aromatic N) is 3. The summed E-state index contributed by atoms with van der Waals surface area (Å²) in [6.07, 6.45) is 2.06. The summed E-state index contributed by atoms with van der Waals surface area (Å²) in [5, 5.41) is 4.39. The van der Waals surface area contributed by atoms with Crippen molar-refractivity contribution >= 4 is 0 Å². The van der Waals surface area contributed by atoms with E-state index in [1.807, 2.05) is 25.6 Å². The van der Waals surface area contributed by atoms with Crippen molar-refractivity contribution in [3.8, 4) is 11.1 Å². The zero-order chi connectivity index (χ0) is 12.6. The van der Waals surface area contributed by atoms with Gasteiger partial charge in [-0.3, -0.25) is 9.67 Å². The minimum atomic E-state index is 0.450. The molecule has 0 aliphatic carbocycles. The average molecular weight is 229 g/mol. The standard InChI is InChI=1S/C14H19N3/c1-9(2)14-7-12(6-10(3)15-14)13-8-17(5)16-11(13)4/h6-9H,1-5H3. The Labute approximate surface area is 103 Å². The maximum atomic E-state index is 4.57. The molecule has 0 saturated heterocycles. The lowest BCUT2D eigenvalue weighted by Gasteiger charge is -2.08. The molecule has 0 aromatic carbocycles. The monoisotopic (exact) mass is 229 g/mol. The second-order valence-electron chi connectivity index (χ2n) is 4.88. The van der Waals surface area contributed by atoms with Crippen LogP contribution in [-0.2, 0) is 7.05 Å². The Balaban J connectivity index is 2.55. The molecule has 2 aromatic heterocycles. The Kier molecular flexibility index (Phi) is 3.01. The summed E-state index contributed by atoms with van der Waals surface area (Å²) in [7, 11) is 1.95. The van der Waals surface area contributed by atoms with E-state index < -0.39 is 0 Å². The largest absolute Gasteiger partial charge is 0.275 e. The minimum absolute atomic E-state index is 0.450. The van der Waals surface area contributed by atoms with Crippen LogP contribution in [0.2, 0.25) is 0 Å². The molecule has 0 N–H and O–H groups in total. The van der Waals surface area contributed by atoms with Crippen LogP contribution in [0.15, 0.2) is 18.3 Å². The van der Waals surface area contributed by atoms with Gasteiger partial charge in [0.05, 0.1) is 5.69 Å².